The fourth-order valence-corrected chi connectivity index (χ4v) is 2.39. The summed E-state index contributed by atoms with van der Waals surface area (Å²) in [6.45, 7) is 4.18. The molecule has 2 heterocycles. The van der Waals surface area contributed by atoms with Crippen molar-refractivity contribution in [1.29, 1.82) is 0 Å². The van der Waals surface area contributed by atoms with Gasteiger partial charge in [-0.2, -0.15) is 0 Å². The molecule has 0 radical (unpaired) electrons. The SMILES string of the molecule is Cc1ccc(-n2c(CCl)nnc2-c2cccnc2)cc1C. The highest BCUT2D eigenvalue weighted by molar-refractivity contribution is 6.16. The molecule has 0 aliphatic heterocycles. The van der Waals surface area contributed by atoms with Crippen molar-refractivity contribution in [3.8, 4) is 17.1 Å². The molecular formula is C16H15ClN4. The summed E-state index contributed by atoms with van der Waals surface area (Å²) < 4.78 is 1.98. The van der Waals surface area contributed by atoms with Gasteiger partial charge in [0.15, 0.2) is 11.6 Å². The maximum absolute atomic E-state index is 6.01. The van der Waals surface area contributed by atoms with Gasteiger partial charge in [0.1, 0.15) is 0 Å². The molecule has 0 saturated carbocycles. The molecule has 21 heavy (non-hydrogen) atoms. The van der Waals surface area contributed by atoms with Crippen LogP contribution in [0.1, 0.15) is 17.0 Å². The second-order valence-corrected chi connectivity index (χ2v) is 5.19. The summed E-state index contributed by atoms with van der Waals surface area (Å²) in [5, 5.41) is 8.47. The third-order valence-electron chi connectivity index (χ3n) is 3.52. The van der Waals surface area contributed by atoms with E-state index in [4.69, 9.17) is 11.6 Å². The molecule has 0 aliphatic carbocycles. The fraction of sp³-hybridized carbons (Fsp3) is 0.188. The number of benzene rings is 1. The first-order valence-electron chi connectivity index (χ1n) is 6.69. The summed E-state index contributed by atoms with van der Waals surface area (Å²) in [5.41, 5.74) is 4.40. The van der Waals surface area contributed by atoms with Crippen molar-refractivity contribution in [1.82, 2.24) is 19.7 Å². The maximum atomic E-state index is 6.01. The number of pyridine rings is 1. The Hall–Kier alpha value is -2.20. The van der Waals surface area contributed by atoms with E-state index < -0.39 is 0 Å². The zero-order valence-electron chi connectivity index (χ0n) is 11.9. The first-order valence-corrected chi connectivity index (χ1v) is 7.22. The van der Waals surface area contributed by atoms with E-state index >= 15 is 0 Å². The van der Waals surface area contributed by atoms with Crippen molar-refractivity contribution in [2.75, 3.05) is 0 Å². The molecule has 5 heteroatoms. The smallest absolute Gasteiger partial charge is 0.170 e. The highest BCUT2D eigenvalue weighted by Gasteiger charge is 2.15. The maximum Gasteiger partial charge on any atom is 0.170 e. The Morgan fingerprint density at radius 3 is 2.62 bits per heavy atom. The van der Waals surface area contributed by atoms with Crippen molar-refractivity contribution >= 4 is 11.6 Å². The number of nitrogens with zero attached hydrogens (tertiary/aromatic N) is 4. The summed E-state index contributed by atoms with van der Waals surface area (Å²) in [6.07, 6.45) is 3.52. The molecule has 0 spiro atoms. The number of hydrogen-bond donors (Lipinski definition) is 0. The van der Waals surface area contributed by atoms with Crippen molar-refractivity contribution < 1.29 is 0 Å². The van der Waals surface area contributed by atoms with Crippen LogP contribution in [-0.2, 0) is 5.88 Å². The molecule has 106 valence electrons. The van der Waals surface area contributed by atoms with E-state index in [1.807, 2.05) is 16.7 Å². The molecule has 0 aliphatic rings. The molecule has 3 aromatic rings. The molecule has 4 nitrogen and oxygen atoms in total. The number of halogens is 1. The van der Waals surface area contributed by atoms with Gasteiger partial charge in [0.2, 0.25) is 0 Å². The summed E-state index contributed by atoms with van der Waals surface area (Å²) in [6, 6.07) is 10.1. The molecule has 0 atom stereocenters. The first kappa shape index (κ1) is 13.8. The van der Waals surface area contributed by atoms with Crippen molar-refractivity contribution in [3.63, 3.8) is 0 Å². The third-order valence-corrected chi connectivity index (χ3v) is 3.76. The lowest BCUT2D eigenvalue weighted by atomic mass is 10.1. The van der Waals surface area contributed by atoms with Crippen LogP contribution < -0.4 is 0 Å². The van der Waals surface area contributed by atoms with Gasteiger partial charge in [-0.25, -0.2) is 0 Å². The zero-order valence-corrected chi connectivity index (χ0v) is 12.7. The van der Waals surface area contributed by atoms with Crippen LogP contribution in [0, 0.1) is 13.8 Å². The fourth-order valence-electron chi connectivity index (χ4n) is 2.22. The highest BCUT2D eigenvalue weighted by atomic mass is 35.5. The quantitative estimate of drug-likeness (QED) is 0.693. The second kappa shape index (κ2) is 5.66. The summed E-state index contributed by atoms with van der Waals surface area (Å²) in [7, 11) is 0. The molecule has 0 N–H and O–H groups in total. The van der Waals surface area contributed by atoms with Crippen LogP contribution >= 0.6 is 11.6 Å². The second-order valence-electron chi connectivity index (χ2n) is 4.92. The van der Waals surface area contributed by atoms with Crippen molar-refractivity contribution in [2.45, 2.75) is 19.7 Å². The van der Waals surface area contributed by atoms with Crippen LogP contribution in [0.15, 0.2) is 42.7 Å². The van der Waals surface area contributed by atoms with Gasteiger partial charge in [0.25, 0.3) is 0 Å². The van der Waals surface area contributed by atoms with E-state index in [0.717, 1.165) is 22.9 Å². The molecule has 2 aromatic heterocycles. The topological polar surface area (TPSA) is 43.6 Å². The van der Waals surface area contributed by atoms with E-state index in [1.165, 1.54) is 11.1 Å². The third kappa shape index (κ3) is 2.54. The number of alkyl halides is 1. The molecule has 0 amide bonds. The Labute approximate surface area is 128 Å². The Kier molecular flexibility index (Phi) is 3.71. The summed E-state index contributed by atoms with van der Waals surface area (Å²) in [4.78, 5) is 4.15. The normalized spacial score (nSPS) is 10.8. The highest BCUT2D eigenvalue weighted by Crippen LogP contribution is 2.24. The monoisotopic (exact) mass is 298 g/mol. The number of hydrogen-bond acceptors (Lipinski definition) is 3. The molecule has 1 aromatic carbocycles. The minimum atomic E-state index is 0.306. The minimum absolute atomic E-state index is 0.306. The largest absolute Gasteiger partial charge is 0.278 e. The number of rotatable bonds is 3. The number of aromatic nitrogens is 4. The Bertz CT molecular complexity index is 765. The van der Waals surface area contributed by atoms with Gasteiger partial charge in [0, 0.05) is 23.6 Å². The lowest BCUT2D eigenvalue weighted by Gasteiger charge is -2.11. The first-order chi connectivity index (χ1) is 10.2. The van der Waals surface area contributed by atoms with E-state index in [1.54, 1.807) is 12.4 Å². The van der Waals surface area contributed by atoms with E-state index in [-0.39, 0.29) is 0 Å². The van der Waals surface area contributed by atoms with Crippen LogP contribution in [0.5, 0.6) is 0 Å². The Balaban J connectivity index is 2.21. The van der Waals surface area contributed by atoms with E-state index in [9.17, 15) is 0 Å². The Morgan fingerprint density at radius 1 is 1.10 bits per heavy atom. The van der Waals surface area contributed by atoms with Crippen molar-refractivity contribution in [2.24, 2.45) is 0 Å². The van der Waals surface area contributed by atoms with E-state index in [0.29, 0.717) is 5.88 Å². The molecular weight excluding hydrogens is 284 g/mol. The standard InChI is InChI=1S/C16H15ClN4/c1-11-5-6-14(8-12(11)2)21-15(9-17)19-20-16(21)13-4-3-7-18-10-13/h3-8,10H,9H2,1-2H3. The average molecular weight is 299 g/mol. The minimum Gasteiger partial charge on any atom is -0.278 e. The summed E-state index contributed by atoms with van der Waals surface area (Å²) >= 11 is 6.01. The van der Waals surface area contributed by atoms with Gasteiger partial charge in [-0.1, -0.05) is 6.07 Å². The number of aryl methyl sites for hydroxylation is 2. The van der Waals surface area contributed by atoms with Gasteiger partial charge in [-0.15, -0.1) is 21.8 Å². The predicted octanol–water partition coefficient (Wildman–Crippen LogP) is 3.68. The lowest BCUT2D eigenvalue weighted by Crippen LogP contribution is -2.02. The summed E-state index contributed by atoms with van der Waals surface area (Å²) in [5.74, 6) is 1.78. The van der Waals surface area contributed by atoms with Crippen LogP contribution in [0.3, 0.4) is 0 Å². The van der Waals surface area contributed by atoms with Gasteiger partial charge in [-0.05, 0) is 49.2 Å². The molecule has 0 fully saturated rings. The van der Waals surface area contributed by atoms with Crippen LogP contribution in [-0.4, -0.2) is 19.7 Å². The molecule has 0 unspecified atom stereocenters. The molecule has 0 bridgehead atoms. The van der Waals surface area contributed by atoms with E-state index in [2.05, 4.69) is 47.2 Å². The van der Waals surface area contributed by atoms with Gasteiger partial charge in [0.05, 0.1) is 5.88 Å². The predicted molar refractivity (Wildman–Crippen MR) is 83.6 cm³/mol. The van der Waals surface area contributed by atoms with Crippen LogP contribution in [0.4, 0.5) is 0 Å². The zero-order chi connectivity index (χ0) is 14.8. The van der Waals surface area contributed by atoms with Gasteiger partial charge in [-0.3, -0.25) is 9.55 Å². The molecule has 0 saturated heterocycles. The van der Waals surface area contributed by atoms with Crippen LogP contribution in [0.25, 0.3) is 17.1 Å². The lowest BCUT2D eigenvalue weighted by molar-refractivity contribution is 0.950. The average Bonchev–Trinajstić information content (AvgIpc) is 2.95. The van der Waals surface area contributed by atoms with Crippen molar-refractivity contribution in [3.05, 3.63) is 59.7 Å². The molecule has 3 rings (SSSR count). The van der Waals surface area contributed by atoms with Gasteiger partial charge < -0.3 is 0 Å². The van der Waals surface area contributed by atoms with Gasteiger partial charge >= 0.3 is 0 Å². The van der Waals surface area contributed by atoms with Crippen LogP contribution in [0.2, 0.25) is 0 Å². The Morgan fingerprint density at radius 2 is 1.95 bits per heavy atom.